The number of benzene rings is 1. The zero-order valence-corrected chi connectivity index (χ0v) is 9.84. The summed E-state index contributed by atoms with van der Waals surface area (Å²) in [5, 5.41) is 5.78. The van der Waals surface area contributed by atoms with Gasteiger partial charge in [-0.3, -0.25) is 4.79 Å². The minimum absolute atomic E-state index is 0.113. The molecule has 6 nitrogen and oxygen atoms in total. The summed E-state index contributed by atoms with van der Waals surface area (Å²) in [6, 6.07) is 9.02. The van der Waals surface area contributed by atoms with E-state index in [0.29, 0.717) is 5.82 Å². The average Bonchev–Trinajstić information content (AvgIpc) is 2.28. The monoisotopic (exact) mass is 243 g/mol. The molecule has 0 aliphatic heterocycles. The van der Waals surface area contributed by atoms with Crippen LogP contribution in [-0.2, 0) is 4.79 Å². The molecule has 18 heavy (non-hydrogen) atoms. The fourth-order valence-electron chi connectivity index (χ4n) is 1.47. The van der Waals surface area contributed by atoms with Crippen molar-refractivity contribution < 1.29 is 4.79 Å². The number of rotatable bonds is 3. The van der Waals surface area contributed by atoms with Crippen LogP contribution >= 0.6 is 0 Å². The number of carbonyl (C=O) groups is 1. The van der Waals surface area contributed by atoms with Crippen molar-refractivity contribution in [2.24, 2.45) is 0 Å². The summed E-state index contributed by atoms with van der Waals surface area (Å²) in [4.78, 5) is 18.8. The predicted molar refractivity (Wildman–Crippen MR) is 70.5 cm³/mol. The molecule has 0 saturated heterocycles. The Morgan fingerprint density at radius 2 is 2.06 bits per heavy atom. The molecule has 1 heterocycles. The molecule has 0 spiro atoms. The van der Waals surface area contributed by atoms with E-state index in [-0.39, 0.29) is 11.9 Å². The highest BCUT2D eigenvalue weighted by Gasteiger charge is 2.00. The number of carbonyl (C=O) groups excluding carboxylic acids is 1. The lowest BCUT2D eigenvalue weighted by Gasteiger charge is -2.08. The van der Waals surface area contributed by atoms with Crippen molar-refractivity contribution in [2.45, 2.75) is 6.92 Å². The summed E-state index contributed by atoms with van der Waals surface area (Å²) in [7, 11) is 0. The minimum atomic E-state index is -0.113. The lowest BCUT2D eigenvalue weighted by Crippen LogP contribution is -2.06. The molecule has 0 bridgehead atoms. The van der Waals surface area contributed by atoms with E-state index in [9.17, 15) is 4.79 Å². The van der Waals surface area contributed by atoms with Gasteiger partial charge >= 0.3 is 0 Å². The van der Waals surface area contributed by atoms with Crippen LogP contribution in [0, 0.1) is 0 Å². The Kier molecular flexibility index (Phi) is 3.38. The van der Waals surface area contributed by atoms with Gasteiger partial charge in [0.25, 0.3) is 0 Å². The van der Waals surface area contributed by atoms with Crippen LogP contribution < -0.4 is 16.4 Å². The second kappa shape index (κ2) is 5.13. The van der Waals surface area contributed by atoms with Gasteiger partial charge in [-0.25, -0.2) is 4.98 Å². The maximum Gasteiger partial charge on any atom is 0.221 e. The fraction of sp³-hybridized carbons (Fsp3) is 0.0833. The van der Waals surface area contributed by atoms with Crippen LogP contribution in [0.4, 0.5) is 23.1 Å². The first-order valence-electron chi connectivity index (χ1n) is 5.37. The van der Waals surface area contributed by atoms with Gasteiger partial charge < -0.3 is 16.4 Å². The molecule has 0 aliphatic rings. The Hall–Kier alpha value is -2.63. The standard InChI is InChI=1S/C12H13N5O/c1-8(18)15-9-3-2-4-10(7-9)16-11-5-6-14-12(13)17-11/h2-7H,1H3,(H,15,18)(H3,13,14,16,17). The van der Waals surface area contributed by atoms with E-state index in [1.54, 1.807) is 24.4 Å². The molecule has 92 valence electrons. The van der Waals surface area contributed by atoms with Crippen molar-refractivity contribution in [1.29, 1.82) is 0 Å². The van der Waals surface area contributed by atoms with Gasteiger partial charge in [-0.05, 0) is 24.3 Å². The van der Waals surface area contributed by atoms with E-state index < -0.39 is 0 Å². The van der Waals surface area contributed by atoms with Crippen LogP contribution in [0.15, 0.2) is 36.5 Å². The Morgan fingerprint density at radius 3 is 2.78 bits per heavy atom. The molecule has 1 aromatic carbocycles. The van der Waals surface area contributed by atoms with Crippen LogP contribution in [0.3, 0.4) is 0 Å². The molecular formula is C12H13N5O. The highest BCUT2D eigenvalue weighted by Crippen LogP contribution is 2.18. The Bertz CT molecular complexity index is 570. The van der Waals surface area contributed by atoms with Crippen molar-refractivity contribution in [3.63, 3.8) is 0 Å². The third-order valence-corrected chi connectivity index (χ3v) is 2.13. The molecule has 0 aliphatic carbocycles. The predicted octanol–water partition coefficient (Wildman–Crippen LogP) is 1.76. The summed E-state index contributed by atoms with van der Waals surface area (Å²) < 4.78 is 0. The SMILES string of the molecule is CC(=O)Nc1cccc(Nc2ccnc(N)n2)c1. The molecule has 0 radical (unpaired) electrons. The number of nitrogens with two attached hydrogens (primary N) is 1. The lowest BCUT2D eigenvalue weighted by molar-refractivity contribution is -0.114. The van der Waals surface area contributed by atoms with Crippen molar-refractivity contribution >= 4 is 29.0 Å². The van der Waals surface area contributed by atoms with E-state index in [1.165, 1.54) is 6.92 Å². The average molecular weight is 243 g/mol. The minimum Gasteiger partial charge on any atom is -0.368 e. The van der Waals surface area contributed by atoms with Crippen molar-refractivity contribution in [3.8, 4) is 0 Å². The maximum absolute atomic E-state index is 11.0. The zero-order valence-electron chi connectivity index (χ0n) is 9.84. The second-order valence-corrected chi connectivity index (χ2v) is 3.69. The number of anilines is 4. The van der Waals surface area contributed by atoms with Gasteiger partial charge in [0.05, 0.1) is 0 Å². The molecule has 1 aromatic heterocycles. The third kappa shape index (κ3) is 3.18. The molecule has 4 N–H and O–H groups in total. The second-order valence-electron chi connectivity index (χ2n) is 3.69. The molecular weight excluding hydrogens is 230 g/mol. The van der Waals surface area contributed by atoms with E-state index >= 15 is 0 Å². The number of hydrogen-bond acceptors (Lipinski definition) is 5. The first-order chi connectivity index (χ1) is 8.63. The van der Waals surface area contributed by atoms with Gasteiger partial charge in [0, 0.05) is 24.5 Å². The van der Waals surface area contributed by atoms with Crippen LogP contribution in [0.1, 0.15) is 6.92 Å². The van der Waals surface area contributed by atoms with E-state index in [2.05, 4.69) is 20.6 Å². The van der Waals surface area contributed by atoms with E-state index in [4.69, 9.17) is 5.73 Å². The van der Waals surface area contributed by atoms with Gasteiger partial charge in [-0.1, -0.05) is 6.07 Å². The van der Waals surface area contributed by atoms with Gasteiger partial charge in [-0.2, -0.15) is 4.98 Å². The Morgan fingerprint density at radius 1 is 1.28 bits per heavy atom. The molecule has 0 unspecified atom stereocenters. The number of nitrogens with one attached hydrogen (secondary N) is 2. The van der Waals surface area contributed by atoms with Gasteiger partial charge in [0.2, 0.25) is 11.9 Å². The summed E-state index contributed by atoms with van der Waals surface area (Å²) in [5.41, 5.74) is 7.01. The molecule has 0 fully saturated rings. The van der Waals surface area contributed by atoms with Gasteiger partial charge in [-0.15, -0.1) is 0 Å². The number of nitrogen functional groups attached to an aromatic ring is 1. The first-order valence-corrected chi connectivity index (χ1v) is 5.37. The number of amides is 1. The largest absolute Gasteiger partial charge is 0.368 e. The molecule has 6 heteroatoms. The zero-order chi connectivity index (χ0) is 13.0. The molecule has 2 aromatic rings. The van der Waals surface area contributed by atoms with Crippen LogP contribution in [0.5, 0.6) is 0 Å². The highest BCUT2D eigenvalue weighted by atomic mass is 16.1. The van der Waals surface area contributed by atoms with Crippen LogP contribution in [-0.4, -0.2) is 15.9 Å². The fourth-order valence-corrected chi connectivity index (χ4v) is 1.47. The molecule has 1 amide bonds. The summed E-state index contributed by atoms with van der Waals surface area (Å²) in [5.74, 6) is 0.693. The maximum atomic E-state index is 11.0. The number of nitrogens with zero attached hydrogens (tertiary/aromatic N) is 2. The summed E-state index contributed by atoms with van der Waals surface area (Å²) in [6.45, 7) is 1.46. The van der Waals surface area contributed by atoms with Crippen LogP contribution in [0.2, 0.25) is 0 Å². The van der Waals surface area contributed by atoms with Crippen molar-refractivity contribution in [2.75, 3.05) is 16.4 Å². The van der Waals surface area contributed by atoms with Crippen molar-refractivity contribution in [3.05, 3.63) is 36.5 Å². The third-order valence-electron chi connectivity index (χ3n) is 2.13. The Labute approximate surface area is 104 Å². The topological polar surface area (TPSA) is 92.9 Å². The highest BCUT2D eigenvalue weighted by molar-refractivity contribution is 5.89. The number of aromatic nitrogens is 2. The van der Waals surface area contributed by atoms with Gasteiger partial charge in [0.15, 0.2) is 0 Å². The number of hydrogen-bond donors (Lipinski definition) is 3. The molecule has 0 saturated carbocycles. The normalized spacial score (nSPS) is 9.83. The summed E-state index contributed by atoms with van der Waals surface area (Å²) >= 11 is 0. The van der Waals surface area contributed by atoms with Gasteiger partial charge in [0.1, 0.15) is 5.82 Å². The molecule has 0 atom stereocenters. The van der Waals surface area contributed by atoms with E-state index in [0.717, 1.165) is 11.4 Å². The molecule has 2 rings (SSSR count). The quantitative estimate of drug-likeness (QED) is 0.763. The van der Waals surface area contributed by atoms with Crippen molar-refractivity contribution in [1.82, 2.24) is 9.97 Å². The lowest BCUT2D eigenvalue weighted by atomic mass is 10.2. The van der Waals surface area contributed by atoms with E-state index in [1.807, 2.05) is 12.1 Å². The van der Waals surface area contributed by atoms with Crippen LogP contribution in [0.25, 0.3) is 0 Å². The summed E-state index contributed by atoms with van der Waals surface area (Å²) in [6.07, 6.45) is 1.57. The Balaban J connectivity index is 2.16. The first kappa shape index (κ1) is 11.8. The smallest absolute Gasteiger partial charge is 0.221 e.